The van der Waals surface area contributed by atoms with E-state index < -0.39 is 5.82 Å². The third kappa shape index (κ3) is 4.72. The van der Waals surface area contributed by atoms with Crippen LogP contribution in [0.3, 0.4) is 0 Å². The van der Waals surface area contributed by atoms with Gasteiger partial charge in [-0.2, -0.15) is 0 Å². The highest BCUT2D eigenvalue weighted by atomic mass is 79.9. The van der Waals surface area contributed by atoms with Crippen molar-refractivity contribution in [3.05, 3.63) is 57.8 Å². The van der Waals surface area contributed by atoms with Crippen LogP contribution in [0, 0.1) is 11.7 Å². The predicted octanol–water partition coefficient (Wildman–Crippen LogP) is 4.32. The van der Waals surface area contributed by atoms with Crippen molar-refractivity contribution in [1.29, 1.82) is 0 Å². The average Bonchev–Trinajstić information content (AvgIpc) is 3.43. The Morgan fingerprint density at radius 3 is 2.68 bits per heavy atom. The Morgan fingerprint density at radius 2 is 2.00 bits per heavy atom. The molecule has 0 unspecified atom stereocenters. The van der Waals surface area contributed by atoms with E-state index in [0.717, 1.165) is 4.47 Å². The van der Waals surface area contributed by atoms with Gasteiger partial charge in [0.1, 0.15) is 5.75 Å². The van der Waals surface area contributed by atoms with Gasteiger partial charge in [-0.25, -0.2) is 4.39 Å². The monoisotopic (exact) mass is 407 g/mol. The summed E-state index contributed by atoms with van der Waals surface area (Å²) in [6.07, 6.45) is 2.36. The fourth-order valence-corrected chi connectivity index (χ4v) is 2.76. The molecule has 1 amide bonds. The minimum Gasteiger partial charge on any atom is -0.494 e. The second-order valence-corrected chi connectivity index (χ2v) is 6.96. The molecule has 6 heteroatoms. The molecule has 0 aliphatic heterocycles. The van der Waals surface area contributed by atoms with Gasteiger partial charge in [0.25, 0.3) is 5.91 Å². The van der Waals surface area contributed by atoms with Gasteiger partial charge in [-0.1, -0.05) is 22.0 Å². The van der Waals surface area contributed by atoms with E-state index >= 15 is 0 Å². The molecular formula is C19H19BrFNO3. The summed E-state index contributed by atoms with van der Waals surface area (Å²) in [4.78, 5) is 12.5. The lowest BCUT2D eigenvalue weighted by Gasteiger charge is -2.12. The number of hydrogen-bond donors (Lipinski definition) is 1. The van der Waals surface area contributed by atoms with Gasteiger partial charge >= 0.3 is 0 Å². The molecule has 0 bridgehead atoms. The fraction of sp³-hybridized carbons (Fsp3) is 0.316. The molecule has 0 aromatic heterocycles. The standard InChI is InChI=1S/C19H19BrFNO3/c1-24-18-6-4-13(8-16(18)21)10-22-19(23)15-9-14(20)5-7-17(15)25-11-12-2-3-12/h4-9,12H,2-3,10-11H2,1H3,(H,22,23). The molecule has 25 heavy (non-hydrogen) atoms. The first kappa shape index (κ1) is 17.7. The van der Waals surface area contributed by atoms with Crippen LogP contribution in [-0.4, -0.2) is 19.6 Å². The first-order valence-electron chi connectivity index (χ1n) is 8.10. The summed E-state index contributed by atoms with van der Waals surface area (Å²) < 4.78 is 25.2. The summed E-state index contributed by atoms with van der Waals surface area (Å²) >= 11 is 3.38. The van der Waals surface area contributed by atoms with Gasteiger partial charge in [0, 0.05) is 11.0 Å². The van der Waals surface area contributed by atoms with E-state index in [1.54, 1.807) is 24.3 Å². The highest BCUT2D eigenvalue weighted by molar-refractivity contribution is 9.10. The van der Waals surface area contributed by atoms with Crippen LogP contribution in [0.25, 0.3) is 0 Å². The van der Waals surface area contributed by atoms with Crippen LogP contribution in [0.2, 0.25) is 0 Å². The number of ether oxygens (including phenoxy) is 2. The van der Waals surface area contributed by atoms with Crippen molar-refractivity contribution in [2.24, 2.45) is 5.92 Å². The first-order valence-corrected chi connectivity index (χ1v) is 8.89. The van der Waals surface area contributed by atoms with Crippen molar-refractivity contribution in [2.75, 3.05) is 13.7 Å². The summed E-state index contributed by atoms with van der Waals surface area (Å²) in [7, 11) is 1.41. The Morgan fingerprint density at radius 1 is 1.24 bits per heavy atom. The van der Waals surface area contributed by atoms with Gasteiger partial charge in [0.2, 0.25) is 0 Å². The summed E-state index contributed by atoms with van der Waals surface area (Å²) in [5.74, 6) is 0.627. The highest BCUT2D eigenvalue weighted by Crippen LogP contribution is 2.31. The lowest BCUT2D eigenvalue weighted by atomic mass is 10.1. The number of nitrogens with one attached hydrogen (secondary N) is 1. The van der Waals surface area contributed by atoms with Crippen LogP contribution in [0.1, 0.15) is 28.8 Å². The zero-order chi connectivity index (χ0) is 17.8. The maximum atomic E-state index is 13.7. The van der Waals surface area contributed by atoms with Crippen LogP contribution in [0.5, 0.6) is 11.5 Å². The van der Waals surface area contributed by atoms with Crippen molar-refractivity contribution in [1.82, 2.24) is 5.32 Å². The van der Waals surface area contributed by atoms with Crippen LogP contribution in [0.4, 0.5) is 4.39 Å². The molecule has 0 saturated heterocycles. The third-order valence-corrected chi connectivity index (χ3v) is 4.52. The molecule has 2 aromatic rings. The Bertz CT molecular complexity index is 777. The van der Waals surface area contributed by atoms with Gasteiger partial charge in [-0.05, 0) is 54.7 Å². The summed E-state index contributed by atoms with van der Waals surface area (Å²) in [5.41, 5.74) is 1.12. The Kier molecular flexibility index (Phi) is 5.58. The van der Waals surface area contributed by atoms with E-state index in [1.165, 1.54) is 26.0 Å². The number of rotatable bonds is 7. The first-order chi connectivity index (χ1) is 12.1. The molecule has 1 saturated carbocycles. The molecule has 1 aliphatic rings. The lowest BCUT2D eigenvalue weighted by molar-refractivity contribution is 0.0946. The molecule has 0 atom stereocenters. The Labute approximate surface area is 154 Å². The molecule has 1 N–H and O–H groups in total. The number of halogens is 2. The molecule has 0 spiro atoms. The molecule has 0 heterocycles. The Balaban J connectivity index is 1.67. The van der Waals surface area contributed by atoms with Crippen molar-refractivity contribution in [3.63, 3.8) is 0 Å². The van der Waals surface area contributed by atoms with Crippen LogP contribution < -0.4 is 14.8 Å². The lowest BCUT2D eigenvalue weighted by Crippen LogP contribution is -2.23. The van der Waals surface area contributed by atoms with Gasteiger partial charge in [0.15, 0.2) is 11.6 Å². The number of hydrogen-bond acceptors (Lipinski definition) is 3. The van der Waals surface area contributed by atoms with Gasteiger partial charge in [-0.15, -0.1) is 0 Å². The summed E-state index contributed by atoms with van der Waals surface area (Å²) in [6, 6.07) is 9.97. The van der Waals surface area contributed by atoms with E-state index in [4.69, 9.17) is 9.47 Å². The van der Waals surface area contributed by atoms with Crippen LogP contribution in [0.15, 0.2) is 40.9 Å². The minimum absolute atomic E-state index is 0.179. The summed E-state index contributed by atoms with van der Waals surface area (Å²) in [6.45, 7) is 0.847. The molecule has 1 fully saturated rings. The summed E-state index contributed by atoms with van der Waals surface area (Å²) in [5, 5.41) is 2.80. The van der Waals surface area contributed by atoms with Gasteiger partial charge in [-0.3, -0.25) is 4.79 Å². The zero-order valence-corrected chi connectivity index (χ0v) is 15.4. The number of carbonyl (C=O) groups excluding carboxylic acids is 1. The average molecular weight is 408 g/mol. The molecule has 132 valence electrons. The van der Waals surface area contributed by atoms with Crippen molar-refractivity contribution in [2.45, 2.75) is 19.4 Å². The molecule has 4 nitrogen and oxygen atoms in total. The van der Waals surface area contributed by atoms with Crippen molar-refractivity contribution < 1.29 is 18.7 Å². The number of carbonyl (C=O) groups is 1. The van der Waals surface area contributed by atoms with Crippen LogP contribution in [-0.2, 0) is 6.54 Å². The number of amides is 1. The topological polar surface area (TPSA) is 47.6 Å². The largest absolute Gasteiger partial charge is 0.494 e. The minimum atomic E-state index is -0.454. The fourth-order valence-electron chi connectivity index (χ4n) is 2.40. The molecule has 2 aromatic carbocycles. The van der Waals surface area contributed by atoms with E-state index in [-0.39, 0.29) is 18.2 Å². The van der Waals surface area contributed by atoms with E-state index in [9.17, 15) is 9.18 Å². The maximum absolute atomic E-state index is 13.7. The second-order valence-electron chi connectivity index (χ2n) is 6.05. The van der Waals surface area contributed by atoms with Crippen LogP contribution >= 0.6 is 15.9 Å². The highest BCUT2D eigenvalue weighted by Gasteiger charge is 2.23. The molecule has 0 radical (unpaired) electrons. The SMILES string of the molecule is COc1ccc(CNC(=O)c2cc(Br)ccc2OCC2CC2)cc1F. The Hall–Kier alpha value is -2.08. The van der Waals surface area contributed by atoms with Crippen molar-refractivity contribution >= 4 is 21.8 Å². The molecule has 3 rings (SSSR count). The van der Waals surface area contributed by atoms with Crippen molar-refractivity contribution in [3.8, 4) is 11.5 Å². The third-order valence-electron chi connectivity index (χ3n) is 4.03. The quantitative estimate of drug-likeness (QED) is 0.743. The van der Waals surface area contributed by atoms with Gasteiger partial charge < -0.3 is 14.8 Å². The maximum Gasteiger partial charge on any atom is 0.255 e. The molecular weight excluding hydrogens is 389 g/mol. The van der Waals surface area contributed by atoms with E-state index in [2.05, 4.69) is 21.2 Å². The van der Waals surface area contributed by atoms with E-state index in [0.29, 0.717) is 29.4 Å². The zero-order valence-electron chi connectivity index (χ0n) is 13.9. The molecule has 1 aliphatic carbocycles. The number of benzene rings is 2. The smallest absolute Gasteiger partial charge is 0.255 e. The normalized spacial score (nSPS) is 13.4. The second kappa shape index (κ2) is 7.87. The van der Waals surface area contributed by atoms with Gasteiger partial charge in [0.05, 0.1) is 19.3 Å². The number of methoxy groups -OCH3 is 1. The van der Waals surface area contributed by atoms with E-state index in [1.807, 2.05) is 6.07 Å². The predicted molar refractivity (Wildman–Crippen MR) is 96.5 cm³/mol.